The van der Waals surface area contributed by atoms with Gasteiger partial charge in [-0.25, -0.2) is 0 Å². The van der Waals surface area contributed by atoms with Gasteiger partial charge in [0.25, 0.3) is 5.69 Å². The number of nitro benzene ring substituents is 1. The standard InChI is InChI=1S/C13H15ClN4O2/c1-3-11-12(8-17(2)16-11)15-7-9-4-5-10(14)6-13(9)18(19)20/h4-6,8,15H,3,7H2,1-2H3. The molecule has 0 aliphatic heterocycles. The number of hydrogen-bond donors (Lipinski definition) is 1. The van der Waals surface area contributed by atoms with Crippen molar-refractivity contribution in [2.75, 3.05) is 5.32 Å². The van der Waals surface area contributed by atoms with Crippen molar-refractivity contribution in [1.82, 2.24) is 9.78 Å². The van der Waals surface area contributed by atoms with Gasteiger partial charge < -0.3 is 5.32 Å². The van der Waals surface area contributed by atoms with Crippen LogP contribution in [0.4, 0.5) is 11.4 Å². The maximum atomic E-state index is 11.0. The van der Waals surface area contributed by atoms with Crippen LogP contribution < -0.4 is 5.32 Å². The molecular formula is C13H15ClN4O2. The van der Waals surface area contributed by atoms with Gasteiger partial charge >= 0.3 is 0 Å². The molecule has 0 saturated carbocycles. The summed E-state index contributed by atoms with van der Waals surface area (Å²) in [6.45, 7) is 2.37. The van der Waals surface area contributed by atoms with Crippen molar-refractivity contribution in [3.8, 4) is 0 Å². The Labute approximate surface area is 121 Å². The predicted octanol–water partition coefficient (Wildman–Crippen LogP) is 3.16. The third-order valence-electron chi connectivity index (χ3n) is 2.95. The van der Waals surface area contributed by atoms with Crippen molar-refractivity contribution < 1.29 is 4.92 Å². The lowest BCUT2D eigenvalue weighted by molar-refractivity contribution is -0.385. The molecule has 1 heterocycles. The van der Waals surface area contributed by atoms with E-state index in [4.69, 9.17) is 11.6 Å². The van der Waals surface area contributed by atoms with E-state index in [0.29, 0.717) is 17.1 Å². The molecule has 20 heavy (non-hydrogen) atoms. The first-order chi connectivity index (χ1) is 9.51. The van der Waals surface area contributed by atoms with Gasteiger partial charge in [-0.15, -0.1) is 0 Å². The molecule has 0 bridgehead atoms. The Morgan fingerprint density at radius 3 is 2.90 bits per heavy atom. The topological polar surface area (TPSA) is 73.0 Å². The Balaban J connectivity index is 2.20. The quantitative estimate of drug-likeness (QED) is 0.679. The number of nitro groups is 1. The number of hydrogen-bond acceptors (Lipinski definition) is 4. The number of halogens is 1. The summed E-state index contributed by atoms with van der Waals surface area (Å²) in [7, 11) is 1.84. The van der Waals surface area contributed by atoms with E-state index in [0.717, 1.165) is 17.8 Å². The van der Waals surface area contributed by atoms with Crippen LogP contribution in [0.3, 0.4) is 0 Å². The van der Waals surface area contributed by atoms with Gasteiger partial charge in [-0.1, -0.05) is 18.5 Å². The minimum absolute atomic E-state index is 0.0203. The van der Waals surface area contributed by atoms with Crippen LogP contribution in [0.2, 0.25) is 5.02 Å². The van der Waals surface area contributed by atoms with Gasteiger partial charge in [-0.05, 0) is 18.6 Å². The van der Waals surface area contributed by atoms with Crippen LogP contribution in [0, 0.1) is 10.1 Å². The third-order valence-corrected chi connectivity index (χ3v) is 3.19. The summed E-state index contributed by atoms with van der Waals surface area (Å²) < 4.78 is 1.72. The highest BCUT2D eigenvalue weighted by molar-refractivity contribution is 6.30. The van der Waals surface area contributed by atoms with E-state index in [1.54, 1.807) is 16.8 Å². The normalized spacial score (nSPS) is 10.6. The Morgan fingerprint density at radius 2 is 2.25 bits per heavy atom. The van der Waals surface area contributed by atoms with Crippen molar-refractivity contribution in [3.63, 3.8) is 0 Å². The summed E-state index contributed by atoms with van der Waals surface area (Å²) in [5.41, 5.74) is 2.43. The highest BCUT2D eigenvalue weighted by Crippen LogP contribution is 2.24. The van der Waals surface area contributed by atoms with Crippen LogP contribution in [0.1, 0.15) is 18.2 Å². The van der Waals surface area contributed by atoms with Crippen LogP contribution in [-0.4, -0.2) is 14.7 Å². The van der Waals surface area contributed by atoms with Crippen LogP contribution in [0.5, 0.6) is 0 Å². The maximum absolute atomic E-state index is 11.0. The minimum Gasteiger partial charge on any atom is -0.378 e. The smallest absolute Gasteiger partial charge is 0.275 e. The fourth-order valence-electron chi connectivity index (χ4n) is 1.99. The van der Waals surface area contributed by atoms with Crippen LogP contribution in [-0.2, 0) is 20.0 Å². The number of anilines is 1. The first-order valence-corrected chi connectivity index (χ1v) is 6.58. The lowest BCUT2D eigenvalue weighted by Crippen LogP contribution is -2.04. The number of nitrogens with zero attached hydrogens (tertiary/aromatic N) is 3. The van der Waals surface area contributed by atoms with E-state index in [9.17, 15) is 10.1 Å². The molecule has 0 radical (unpaired) electrons. The lowest BCUT2D eigenvalue weighted by Gasteiger charge is -2.06. The highest BCUT2D eigenvalue weighted by Gasteiger charge is 2.14. The molecule has 1 aromatic heterocycles. The molecule has 0 unspecified atom stereocenters. The van der Waals surface area contributed by atoms with Crippen molar-refractivity contribution in [1.29, 1.82) is 0 Å². The zero-order valence-electron chi connectivity index (χ0n) is 11.3. The van der Waals surface area contributed by atoms with Crippen LogP contribution in [0.25, 0.3) is 0 Å². The van der Waals surface area contributed by atoms with Gasteiger partial charge in [0, 0.05) is 36.4 Å². The fourth-order valence-corrected chi connectivity index (χ4v) is 2.16. The largest absolute Gasteiger partial charge is 0.378 e. The summed E-state index contributed by atoms with van der Waals surface area (Å²) in [5, 5.41) is 18.9. The second kappa shape index (κ2) is 5.92. The minimum atomic E-state index is -0.424. The van der Waals surface area contributed by atoms with E-state index in [-0.39, 0.29) is 5.69 Å². The third kappa shape index (κ3) is 3.08. The molecule has 0 atom stereocenters. The Hall–Kier alpha value is -2.08. The molecule has 2 aromatic rings. The van der Waals surface area contributed by atoms with Gasteiger partial charge in [-0.2, -0.15) is 5.10 Å². The second-order valence-corrected chi connectivity index (χ2v) is 4.84. The van der Waals surface area contributed by atoms with Crippen molar-refractivity contribution in [2.45, 2.75) is 19.9 Å². The number of nitrogens with one attached hydrogen (secondary N) is 1. The first kappa shape index (κ1) is 14.3. The first-order valence-electron chi connectivity index (χ1n) is 6.20. The molecule has 6 nitrogen and oxygen atoms in total. The monoisotopic (exact) mass is 294 g/mol. The van der Waals surface area contributed by atoms with Gasteiger partial charge in [0.15, 0.2) is 0 Å². The number of aryl methyl sites for hydroxylation is 2. The van der Waals surface area contributed by atoms with Crippen molar-refractivity contribution >= 4 is 23.0 Å². The Morgan fingerprint density at radius 1 is 1.50 bits per heavy atom. The average Bonchev–Trinajstić information content (AvgIpc) is 2.77. The van der Waals surface area contributed by atoms with Gasteiger partial charge in [0.1, 0.15) is 0 Å². The van der Waals surface area contributed by atoms with E-state index in [2.05, 4.69) is 10.4 Å². The van der Waals surface area contributed by atoms with E-state index in [1.807, 2.05) is 20.2 Å². The summed E-state index contributed by atoms with van der Waals surface area (Å²) in [4.78, 5) is 10.6. The highest BCUT2D eigenvalue weighted by atomic mass is 35.5. The molecule has 0 saturated heterocycles. The molecule has 2 rings (SSSR count). The summed E-state index contributed by atoms with van der Waals surface area (Å²) in [5.74, 6) is 0. The zero-order chi connectivity index (χ0) is 14.7. The zero-order valence-corrected chi connectivity index (χ0v) is 12.0. The molecule has 0 amide bonds. The average molecular weight is 295 g/mol. The molecular weight excluding hydrogens is 280 g/mol. The molecule has 1 aromatic carbocycles. The molecule has 7 heteroatoms. The maximum Gasteiger partial charge on any atom is 0.275 e. The second-order valence-electron chi connectivity index (χ2n) is 4.40. The molecule has 0 aliphatic carbocycles. The van der Waals surface area contributed by atoms with E-state index >= 15 is 0 Å². The summed E-state index contributed by atoms with van der Waals surface area (Å²) in [6.07, 6.45) is 2.66. The van der Waals surface area contributed by atoms with Gasteiger partial charge in [-0.3, -0.25) is 14.8 Å². The van der Waals surface area contributed by atoms with Crippen molar-refractivity contribution in [3.05, 3.63) is 50.8 Å². The molecule has 1 N–H and O–H groups in total. The van der Waals surface area contributed by atoms with Gasteiger partial charge in [0.2, 0.25) is 0 Å². The van der Waals surface area contributed by atoms with E-state index in [1.165, 1.54) is 6.07 Å². The Kier molecular flexibility index (Phi) is 4.24. The van der Waals surface area contributed by atoms with E-state index < -0.39 is 4.92 Å². The summed E-state index contributed by atoms with van der Waals surface area (Å²) in [6, 6.07) is 4.67. The Bertz CT molecular complexity index is 639. The molecule has 0 spiro atoms. The summed E-state index contributed by atoms with van der Waals surface area (Å²) >= 11 is 5.79. The fraction of sp³-hybridized carbons (Fsp3) is 0.308. The number of aromatic nitrogens is 2. The molecule has 0 fully saturated rings. The molecule has 0 aliphatic rings. The predicted molar refractivity (Wildman–Crippen MR) is 78.0 cm³/mol. The number of rotatable bonds is 5. The van der Waals surface area contributed by atoms with Gasteiger partial charge in [0.05, 0.1) is 16.3 Å². The molecule has 106 valence electrons. The van der Waals surface area contributed by atoms with Crippen molar-refractivity contribution in [2.24, 2.45) is 7.05 Å². The number of benzene rings is 1. The van der Waals surface area contributed by atoms with Crippen LogP contribution >= 0.6 is 11.6 Å². The SMILES string of the molecule is CCc1nn(C)cc1NCc1ccc(Cl)cc1[N+](=O)[O-]. The lowest BCUT2D eigenvalue weighted by atomic mass is 10.1. The van der Waals surface area contributed by atoms with Crippen LogP contribution in [0.15, 0.2) is 24.4 Å².